The van der Waals surface area contributed by atoms with Crippen LogP contribution in [0.3, 0.4) is 0 Å². The molecule has 0 amide bonds. The molecule has 1 aromatic heterocycles. The lowest BCUT2D eigenvalue weighted by atomic mass is 9.92. The molecule has 0 bridgehead atoms. The van der Waals surface area contributed by atoms with Gasteiger partial charge in [-0.15, -0.1) is 0 Å². The zero-order chi connectivity index (χ0) is 12.4. The molecule has 0 spiro atoms. The lowest BCUT2D eigenvalue weighted by Crippen LogP contribution is -2.43. The smallest absolute Gasteiger partial charge is 0.148 e. The fourth-order valence-corrected chi connectivity index (χ4v) is 3.00. The molecule has 0 radical (unpaired) electrons. The largest absolute Gasteiger partial charge is 0.372 e. The fourth-order valence-electron chi connectivity index (χ4n) is 2.37. The number of hydrogen-bond donors (Lipinski definition) is 1. The van der Waals surface area contributed by atoms with Crippen LogP contribution in [0.15, 0.2) is 10.8 Å². The molecule has 2 rings (SSSR count). The van der Waals surface area contributed by atoms with Crippen molar-refractivity contribution in [2.45, 2.75) is 32.7 Å². The molecule has 1 aliphatic heterocycles. The summed E-state index contributed by atoms with van der Waals surface area (Å²) in [5.41, 5.74) is 0. The molecule has 1 aliphatic rings. The van der Waals surface area contributed by atoms with Gasteiger partial charge in [0.25, 0.3) is 0 Å². The Morgan fingerprint density at radius 3 is 2.88 bits per heavy atom. The van der Waals surface area contributed by atoms with Crippen molar-refractivity contribution in [1.29, 1.82) is 0 Å². The van der Waals surface area contributed by atoms with Crippen molar-refractivity contribution in [1.82, 2.24) is 9.97 Å². The van der Waals surface area contributed by atoms with Crippen LogP contribution < -0.4 is 10.2 Å². The van der Waals surface area contributed by atoms with Gasteiger partial charge in [-0.05, 0) is 41.6 Å². The van der Waals surface area contributed by atoms with Gasteiger partial charge in [0.2, 0.25) is 0 Å². The van der Waals surface area contributed by atoms with Crippen LogP contribution in [0.4, 0.5) is 11.6 Å². The molecule has 0 saturated carbocycles. The number of nitrogens with zero attached hydrogens (tertiary/aromatic N) is 3. The van der Waals surface area contributed by atoms with Gasteiger partial charge in [-0.3, -0.25) is 0 Å². The van der Waals surface area contributed by atoms with Gasteiger partial charge in [0, 0.05) is 19.6 Å². The zero-order valence-corrected chi connectivity index (χ0v) is 12.2. The summed E-state index contributed by atoms with van der Waals surface area (Å²) in [6, 6.07) is 0.527. The van der Waals surface area contributed by atoms with Gasteiger partial charge in [-0.25, -0.2) is 9.97 Å². The van der Waals surface area contributed by atoms with Crippen molar-refractivity contribution < 1.29 is 0 Å². The molecule has 2 unspecified atom stereocenters. The number of anilines is 2. The van der Waals surface area contributed by atoms with Crippen molar-refractivity contribution in [2.24, 2.45) is 5.92 Å². The monoisotopic (exact) mass is 298 g/mol. The molecule has 2 atom stereocenters. The molecule has 0 aromatic carbocycles. The predicted octanol–water partition coefficient (Wildman–Crippen LogP) is 2.91. The first kappa shape index (κ1) is 12.6. The second kappa shape index (κ2) is 5.21. The molecule has 17 heavy (non-hydrogen) atoms. The van der Waals surface area contributed by atoms with Gasteiger partial charge in [-0.1, -0.05) is 6.92 Å². The number of rotatable bonds is 2. The summed E-state index contributed by atoms with van der Waals surface area (Å²) < 4.78 is 0.962. The summed E-state index contributed by atoms with van der Waals surface area (Å²) in [6.07, 6.45) is 4.16. The summed E-state index contributed by atoms with van der Waals surface area (Å²) in [5, 5.41) is 3.08. The first-order valence-corrected chi connectivity index (χ1v) is 6.89. The summed E-state index contributed by atoms with van der Waals surface area (Å²) in [5.74, 6) is 2.56. The molecule has 5 heteroatoms. The van der Waals surface area contributed by atoms with Crippen LogP contribution in [0.1, 0.15) is 26.7 Å². The van der Waals surface area contributed by atoms with Crippen LogP contribution in [0.25, 0.3) is 0 Å². The summed E-state index contributed by atoms with van der Waals surface area (Å²) >= 11 is 3.60. The summed E-state index contributed by atoms with van der Waals surface area (Å²) in [7, 11) is 1.87. The van der Waals surface area contributed by atoms with E-state index in [1.807, 2.05) is 7.05 Å². The molecule has 4 nitrogen and oxygen atoms in total. The SMILES string of the molecule is CNc1ncnc(N2CCCC(C)C2C)c1Br. The van der Waals surface area contributed by atoms with Gasteiger partial charge < -0.3 is 10.2 Å². The number of halogens is 1. The molecular weight excluding hydrogens is 280 g/mol. The van der Waals surface area contributed by atoms with E-state index < -0.39 is 0 Å². The van der Waals surface area contributed by atoms with Gasteiger partial charge in [0.15, 0.2) is 0 Å². The van der Waals surface area contributed by atoms with Gasteiger partial charge >= 0.3 is 0 Å². The van der Waals surface area contributed by atoms with Crippen LogP contribution in [0, 0.1) is 5.92 Å². The third-order valence-electron chi connectivity index (χ3n) is 3.65. The summed E-state index contributed by atoms with van der Waals surface area (Å²) in [4.78, 5) is 11.0. The standard InChI is InChI=1S/C12H19BrN4/c1-8-5-4-6-17(9(8)2)12-10(13)11(14-3)15-7-16-12/h7-9H,4-6H2,1-3H3,(H,14,15,16). The van der Waals surface area contributed by atoms with E-state index in [4.69, 9.17) is 0 Å². The molecule has 0 aliphatic carbocycles. The molecular formula is C12H19BrN4. The number of nitrogens with one attached hydrogen (secondary N) is 1. The Kier molecular flexibility index (Phi) is 3.86. The molecule has 94 valence electrons. The van der Waals surface area contributed by atoms with E-state index in [2.05, 4.69) is 50.0 Å². The van der Waals surface area contributed by atoms with Crippen LogP contribution in [0.5, 0.6) is 0 Å². The van der Waals surface area contributed by atoms with E-state index in [9.17, 15) is 0 Å². The van der Waals surface area contributed by atoms with E-state index in [-0.39, 0.29) is 0 Å². The average Bonchev–Trinajstić information content (AvgIpc) is 2.33. The lowest BCUT2D eigenvalue weighted by molar-refractivity contribution is 0.361. The maximum atomic E-state index is 4.42. The van der Waals surface area contributed by atoms with Gasteiger partial charge in [-0.2, -0.15) is 0 Å². The number of piperidine rings is 1. The summed E-state index contributed by atoms with van der Waals surface area (Å²) in [6.45, 7) is 5.66. The first-order chi connectivity index (χ1) is 8.15. The maximum Gasteiger partial charge on any atom is 0.148 e. The number of aromatic nitrogens is 2. The Bertz CT molecular complexity index is 396. The molecule has 1 fully saturated rings. The van der Waals surface area contributed by atoms with Crippen molar-refractivity contribution in [2.75, 3.05) is 23.8 Å². The van der Waals surface area contributed by atoms with Gasteiger partial charge in [0.05, 0.1) is 0 Å². The van der Waals surface area contributed by atoms with Crippen molar-refractivity contribution in [3.8, 4) is 0 Å². The average molecular weight is 299 g/mol. The highest BCUT2D eigenvalue weighted by molar-refractivity contribution is 9.10. The quantitative estimate of drug-likeness (QED) is 0.911. The van der Waals surface area contributed by atoms with E-state index in [1.165, 1.54) is 12.8 Å². The first-order valence-electron chi connectivity index (χ1n) is 6.10. The second-order valence-corrected chi connectivity index (χ2v) is 5.46. The minimum atomic E-state index is 0.527. The minimum Gasteiger partial charge on any atom is -0.372 e. The third kappa shape index (κ3) is 2.39. The Labute approximate surface area is 111 Å². The highest BCUT2D eigenvalue weighted by Gasteiger charge is 2.27. The van der Waals surface area contributed by atoms with E-state index in [1.54, 1.807) is 6.33 Å². The highest BCUT2D eigenvalue weighted by atomic mass is 79.9. The third-order valence-corrected chi connectivity index (χ3v) is 4.38. The van der Waals surface area contributed by atoms with Crippen molar-refractivity contribution >= 4 is 27.6 Å². The van der Waals surface area contributed by atoms with E-state index in [0.29, 0.717) is 12.0 Å². The van der Waals surface area contributed by atoms with Crippen molar-refractivity contribution in [3.05, 3.63) is 10.8 Å². The van der Waals surface area contributed by atoms with E-state index >= 15 is 0 Å². The Balaban J connectivity index is 2.33. The second-order valence-electron chi connectivity index (χ2n) is 4.66. The topological polar surface area (TPSA) is 41.1 Å². The predicted molar refractivity (Wildman–Crippen MR) is 74.5 cm³/mol. The van der Waals surface area contributed by atoms with Crippen LogP contribution in [-0.4, -0.2) is 29.6 Å². The Morgan fingerprint density at radius 1 is 1.41 bits per heavy atom. The van der Waals surface area contributed by atoms with Crippen LogP contribution in [-0.2, 0) is 0 Å². The van der Waals surface area contributed by atoms with Crippen molar-refractivity contribution in [3.63, 3.8) is 0 Å². The maximum absolute atomic E-state index is 4.42. The van der Waals surface area contributed by atoms with Crippen LogP contribution >= 0.6 is 15.9 Å². The molecule has 1 aromatic rings. The van der Waals surface area contributed by atoms with Crippen LogP contribution in [0.2, 0.25) is 0 Å². The minimum absolute atomic E-state index is 0.527. The lowest BCUT2D eigenvalue weighted by Gasteiger charge is -2.39. The Morgan fingerprint density at radius 2 is 2.18 bits per heavy atom. The normalized spacial score (nSPS) is 24.8. The molecule has 1 saturated heterocycles. The van der Waals surface area contributed by atoms with E-state index in [0.717, 1.165) is 22.7 Å². The Hall–Kier alpha value is -0.840. The molecule has 2 heterocycles. The zero-order valence-electron chi connectivity index (χ0n) is 10.6. The van der Waals surface area contributed by atoms with Gasteiger partial charge in [0.1, 0.15) is 22.4 Å². The number of hydrogen-bond acceptors (Lipinski definition) is 4. The fraction of sp³-hybridized carbons (Fsp3) is 0.667. The highest BCUT2D eigenvalue weighted by Crippen LogP contribution is 2.34. The molecule has 1 N–H and O–H groups in total.